The summed E-state index contributed by atoms with van der Waals surface area (Å²) in [5, 5.41) is 16.3. The van der Waals surface area contributed by atoms with Crippen LogP contribution in [0.1, 0.15) is 22.3 Å². The Balaban J connectivity index is 1.50. The SMILES string of the molecule is N#Cc1ccc2nc(Nc3cc(C(=O)C=CC4CCNC4)ccn3)ccc2c1. The molecule has 1 aromatic carbocycles. The molecular weight excluding hydrogens is 350 g/mol. The number of allylic oxidation sites excluding steroid dienone is 1. The zero-order chi connectivity index (χ0) is 19.3. The van der Waals surface area contributed by atoms with Gasteiger partial charge in [-0.3, -0.25) is 4.79 Å². The van der Waals surface area contributed by atoms with Crippen molar-refractivity contribution in [2.75, 3.05) is 18.4 Å². The summed E-state index contributed by atoms with van der Waals surface area (Å²) in [6.07, 6.45) is 6.31. The highest BCUT2D eigenvalue weighted by Crippen LogP contribution is 2.20. The summed E-state index contributed by atoms with van der Waals surface area (Å²) < 4.78 is 0. The predicted molar refractivity (Wildman–Crippen MR) is 108 cm³/mol. The van der Waals surface area contributed by atoms with Crippen LogP contribution in [0, 0.1) is 17.2 Å². The predicted octanol–water partition coefficient (Wildman–Crippen LogP) is 3.59. The van der Waals surface area contributed by atoms with E-state index in [4.69, 9.17) is 5.26 Å². The first-order chi connectivity index (χ1) is 13.7. The number of anilines is 2. The Hall–Kier alpha value is -3.56. The molecule has 2 N–H and O–H groups in total. The van der Waals surface area contributed by atoms with Crippen molar-refractivity contribution < 1.29 is 4.79 Å². The summed E-state index contributed by atoms with van der Waals surface area (Å²) in [7, 11) is 0. The Labute approximate surface area is 162 Å². The highest BCUT2D eigenvalue weighted by atomic mass is 16.1. The highest BCUT2D eigenvalue weighted by Gasteiger charge is 2.12. The van der Waals surface area contributed by atoms with Crippen molar-refractivity contribution in [3.63, 3.8) is 0 Å². The molecule has 0 aliphatic carbocycles. The third-order valence-corrected chi connectivity index (χ3v) is 4.74. The van der Waals surface area contributed by atoms with E-state index in [1.165, 1.54) is 0 Å². The van der Waals surface area contributed by atoms with Crippen LogP contribution in [0.3, 0.4) is 0 Å². The van der Waals surface area contributed by atoms with Gasteiger partial charge in [-0.05, 0) is 67.4 Å². The largest absolute Gasteiger partial charge is 0.325 e. The van der Waals surface area contributed by atoms with Gasteiger partial charge in [0.15, 0.2) is 5.78 Å². The quantitative estimate of drug-likeness (QED) is 0.527. The Morgan fingerprint density at radius 2 is 2.14 bits per heavy atom. The summed E-state index contributed by atoms with van der Waals surface area (Å²) in [6.45, 7) is 1.93. The Morgan fingerprint density at radius 3 is 2.96 bits per heavy atom. The minimum absolute atomic E-state index is 0.0344. The summed E-state index contributed by atoms with van der Waals surface area (Å²) in [5.74, 6) is 1.57. The van der Waals surface area contributed by atoms with E-state index in [0.717, 1.165) is 30.4 Å². The molecule has 0 amide bonds. The van der Waals surface area contributed by atoms with Gasteiger partial charge >= 0.3 is 0 Å². The first kappa shape index (κ1) is 17.8. The molecule has 1 unspecified atom stereocenters. The number of rotatable bonds is 5. The third-order valence-electron chi connectivity index (χ3n) is 4.74. The second-order valence-electron chi connectivity index (χ2n) is 6.75. The maximum Gasteiger partial charge on any atom is 0.185 e. The zero-order valence-corrected chi connectivity index (χ0v) is 15.2. The van der Waals surface area contributed by atoms with Crippen LogP contribution in [0.15, 0.2) is 60.8 Å². The van der Waals surface area contributed by atoms with E-state index in [0.29, 0.717) is 28.7 Å². The molecule has 138 valence electrons. The molecule has 1 aliphatic heterocycles. The van der Waals surface area contributed by atoms with E-state index >= 15 is 0 Å². The summed E-state index contributed by atoms with van der Waals surface area (Å²) in [4.78, 5) is 21.3. The molecule has 28 heavy (non-hydrogen) atoms. The number of nitrogens with zero attached hydrogens (tertiary/aromatic N) is 3. The molecular formula is C22H19N5O. The van der Waals surface area contributed by atoms with Crippen molar-refractivity contribution in [1.82, 2.24) is 15.3 Å². The van der Waals surface area contributed by atoms with E-state index < -0.39 is 0 Å². The molecule has 0 spiro atoms. The molecule has 3 heterocycles. The van der Waals surface area contributed by atoms with Crippen LogP contribution in [0.25, 0.3) is 10.9 Å². The molecule has 0 bridgehead atoms. The van der Waals surface area contributed by atoms with Crippen molar-refractivity contribution in [3.05, 3.63) is 71.9 Å². The lowest BCUT2D eigenvalue weighted by Gasteiger charge is -2.07. The first-order valence-electron chi connectivity index (χ1n) is 9.18. The van der Waals surface area contributed by atoms with E-state index in [1.54, 1.807) is 36.5 Å². The number of benzene rings is 1. The van der Waals surface area contributed by atoms with Crippen LogP contribution in [0.2, 0.25) is 0 Å². The molecule has 0 radical (unpaired) electrons. The number of pyridine rings is 2. The zero-order valence-electron chi connectivity index (χ0n) is 15.2. The summed E-state index contributed by atoms with van der Waals surface area (Å²) in [5.41, 5.74) is 1.97. The Bertz CT molecular complexity index is 1090. The number of aromatic nitrogens is 2. The average molecular weight is 369 g/mol. The van der Waals surface area contributed by atoms with Crippen LogP contribution in [0.5, 0.6) is 0 Å². The fraction of sp³-hybridized carbons (Fsp3) is 0.182. The number of carbonyl (C=O) groups excluding carboxylic acids is 1. The van der Waals surface area contributed by atoms with E-state index in [9.17, 15) is 4.79 Å². The molecule has 6 heteroatoms. The summed E-state index contributed by atoms with van der Waals surface area (Å²) >= 11 is 0. The third kappa shape index (κ3) is 4.05. The number of carbonyl (C=O) groups is 1. The molecule has 3 aromatic rings. The Kier molecular flexibility index (Phi) is 5.09. The maximum absolute atomic E-state index is 12.4. The maximum atomic E-state index is 12.4. The molecule has 2 aromatic heterocycles. The molecule has 0 saturated carbocycles. The minimum Gasteiger partial charge on any atom is -0.325 e. The van der Waals surface area contributed by atoms with Crippen molar-refractivity contribution in [3.8, 4) is 6.07 Å². The Morgan fingerprint density at radius 1 is 1.21 bits per heavy atom. The average Bonchev–Trinajstić information content (AvgIpc) is 3.25. The number of nitriles is 1. The van der Waals surface area contributed by atoms with Crippen molar-refractivity contribution in [1.29, 1.82) is 5.26 Å². The van der Waals surface area contributed by atoms with Gasteiger partial charge in [-0.15, -0.1) is 0 Å². The van der Waals surface area contributed by atoms with Gasteiger partial charge in [0.1, 0.15) is 11.6 Å². The van der Waals surface area contributed by atoms with Crippen LogP contribution >= 0.6 is 0 Å². The minimum atomic E-state index is -0.0344. The van der Waals surface area contributed by atoms with Gasteiger partial charge in [0.25, 0.3) is 0 Å². The number of fused-ring (bicyclic) bond motifs is 1. The van der Waals surface area contributed by atoms with Gasteiger partial charge in [0.05, 0.1) is 17.1 Å². The molecule has 1 atom stereocenters. The van der Waals surface area contributed by atoms with Crippen molar-refractivity contribution in [2.24, 2.45) is 5.92 Å². The van der Waals surface area contributed by atoms with Crippen molar-refractivity contribution in [2.45, 2.75) is 6.42 Å². The molecule has 1 aliphatic rings. The van der Waals surface area contributed by atoms with Gasteiger partial charge in [0.2, 0.25) is 0 Å². The van der Waals surface area contributed by atoms with E-state index in [2.05, 4.69) is 26.7 Å². The van der Waals surface area contributed by atoms with Gasteiger partial charge in [0, 0.05) is 23.7 Å². The number of hydrogen-bond donors (Lipinski definition) is 2. The van der Waals surface area contributed by atoms with Gasteiger partial charge in [-0.25, -0.2) is 9.97 Å². The standard InChI is InChI=1S/C22H19N5O/c23-13-16-1-4-19-17(11-16)3-6-21(26-19)27-22-12-18(8-10-25-22)20(28)5-2-15-7-9-24-14-15/h1-6,8,10-12,15,24H,7,9,14H2,(H,25,26,27). The van der Waals surface area contributed by atoms with E-state index in [-0.39, 0.29) is 5.78 Å². The van der Waals surface area contributed by atoms with E-state index in [1.807, 2.05) is 24.3 Å². The number of nitrogens with one attached hydrogen (secondary N) is 2. The van der Waals surface area contributed by atoms with Crippen LogP contribution in [0.4, 0.5) is 11.6 Å². The fourth-order valence-electron chi connectivity index (χ4n) is 3.21. The lowest BCUT2D eigenvalue weighted by molar-refractivity contribution is 0.104. The topological polar surface area (TPSA) is 90.7 Å². The van der Waals surface area contributed by atoms with Gasteiger partial charge < -0.3 is 10.6 Å². The highest BCUT2D eigenvalue weighted by molar-refractivity contribution is 6.04. The van der Waals surface area contributed by atoms with Crippen molar-refractivity contribution >= 4 is 28.3 Å². The van der Waals surface area contributed by atoms with Gasteiger partial charge in [-0.2, -0.15) is 5.26 Å². The lowest BCUT2D eigenvalue weighted by Crippen LogP contribution is -2.07. The van der Waals surface area contributed by atoms with Crippen LogP contribution < -0.4 is 10.6 Å². The molecule has 4 rings (SSSR count). The number of hydrogen-bond acceptors (Lipinski definition) is 6. The lowest BCUT2D eigenvalue weighted by atomic mass is 10.1. The fourth-order valence-corrected chi connectivity index (χ4v) is 3.21. The molecule has 1 saturated heterocycles. The molecule has 6 nitrogen and oxygen atoms in total. The normalized spacial score (nSPS) is 16.3. The second-order valence-corrected chi connectivity index (χ2v) is 6.75. The first-order valence-corrected chi connectivity index (χ1v) is 9.18. The smallest absolute Gasteiger partial charge is 0.185 e. The number of ketones is 1. The monoisotopic (exact) mass is 369 g/mol. The van der Waals surface area contributed by atoms with Crippen LogP contribution in [-0.2, 0) is 0 Å². The second kappa shape index (κ2) is 7.99. The van der Waals surface area contributed by atoms with Gasteiger partial charge in [-0.1, -0.05) is 6.08 Å². The van der Waals surface area contributed by atoms with Crippen LogP contribution in [-0.4, -0.2) is 28.8 Å². The summed E-state index contributed by atoms with van der Waals surface area (Å²) in [6, 6.07) is 14.6. The molecule has 1 fully saturated rings.